The molecule has 1 aromatic carbocycles. The molecule has 2 N–H and O–H groups in total. The number of benzene rings is 1. The fraction of sp³-hybridized carbons (Fsp3) is 0.400. The Hall–Kier alpha value is -0.970. The highest BCUT2D eigenvalue weighted by Gasteiger charge is 2.14. The van der Waals surface area contributed by atoms with Gasteiger partial charge >= 0.3 is 0 Å². The summed E-state index contributed by atoms with van der Waals surface area (Å²) in [6, 6.07) is 6.22. The Morgan fingerprint density at radius 2 is 2.00 bits per heavy atom. The van der Waals surface area contributed by atoms with Gasteiger partial charge in [0.15, 0.2) is 0 Å². The highest BCUT2D eigenvalue weighted by atomic mass is 19.1. The summed E-state index contributed by atoms with van der Waals surface area (Å²) >= 11 is 0. The maximum atomic E-state index is 12.7. The van der Waals surface area contributed by atoms with E-state index < -0.39 is 0 Å². The van der Waals surface area contributed by atoms with E-state index in [0.717, 1.165) is 5.56 Å². The fourth-order valence-corrected chi connectivity index (χ4v) is 1.31. The summed E-state index contributed by atoms with van der Waals surface area (Å²) in [5.41, 5.74) is 6.55. The molecule has 0 fully saturated rings. The fourth-order valence-electron chi connectivity index (χ4n) is 1.31. The molecule has 0 bridgehead atoms. The summed E-state index contributed by atoms with van der Waals surface area (Å²) in [7, 11) is 3.37. The van der Waals surface area contributed by atoms with Crippen molar-refractivity contribution in [2.24, 2.45) is 5.73 Å². The second-order valence-corrected chi connectivity index (χ2v) is 3.03. The smallest absolute Gasteiger partial charge is 0.123 e. The SMILES string of the molecule is CON(C)C(CN)c1ccc(F)cc1. The van der Waals surface area contributed by atoms with Gasteiger partial charge in [0.1, 0.15) is 5.82 Å². The van der Waals surface area contributed by atoms with Crippen molar-refractivity contribution in [3.63, 3.8) is 0 Å². The molecule has 0 aliphatic carbocycles. The molecule has 1 atom stereocenters. The average molecular weight is 198 g/mol. The molecule has 0 spiro atoms. The number of hydroxylamine groups is 2. The van der Waals surface area contributed by atoms with Crippen molar-refractivity contribution >= 4 is 0 Å². The van der Waals surface area contributed by atoms with Crippen molar-refractivity contribution in [2.75, 3.05) is 20.7 Å². The van der Waals surface area contributed by atoms with Gasteiger partial charge in [-0.3, -0.25) is 0 Å². The van der Waals surface area contributed by atoms with Crippen molar-refractivity contribution < 1.29 is 9.23 Å². The van der Waals surface area contributed by atoms with Gasteiger partial charge in [0, 0.05) is 13.6 Å². The molecule has 1 aromatic rings. The van der Waals surface area contributed by atoms with E-state index in [4.69, 9.17) is 10.6 Å². The van der Waals surface area contributed by atoms with E-state index in [1.165, 1.54) is 12.1 Å². The van der Waals surface area contributed by atoms with Crippen LogP contribution in [-0.4, -0.2) is 25.8 Å². The molecule has 0 aromatic heterocycles. The Morgan fingerprint density at radius 1 is 1.43 bits per heavy atom. The zero-order valence-electron chi connectivity index (χ0n) is 8.40. The first kappa shape index (κ1) is 11.1. The van der Waals surface area contributed by atoms with Gasteiger partial charge in [0.25, 0.3) is 0 Å². The van der Waals surface area contributed by atoms with Gasteiger partial charge in [-0.05, 0) is 17.7 Å². The summed E-state index contributed by atoms with van der Waals surface area (Å²) in [4.78, 5) is 5.05. The van der Waals surface area contributed by atoms with Crippen LogP contribution in [0.1, 0.15) is 11.6 Å². The monoisotopic (exact) mass is 198 g/mol. The first-order valence-corrected chi connectivity index (χ1v) is 4.41. The minimum absolute atomic E-state index is 0.0411. The zero-order chi connectivity index (χ0) is 10.6. The van der Waals surface area contributed by atoms with E-state index in [1.807, 2.05) is 0 Å². The third-order valence-electron chi connectivity index (χ3n) is 2.20. The van der Waals surface area contributed by atoms with Crippen LogP contribution in [0.4, 0.5) is 4.39 Å². The Morgan fingerprint density at radius 3 is 2.43 bits per heavy atom. The summed E-state index contributed by atoms with van der Waals surface area (Å²) < 4.78 is 12.7. The van der Waals surface area contributed by atoms with E-state index in [9.17, 15) is 4.39 Å². The molecule has 0 saturated heterocycles. The van der Waals surface area contributed by atoms with Crippen molar-refractivity contribution in [1.82, 2.24) is 5.06 Å². The molecule has 1 rings (SSSR count). The van der Waals surface area contributed by atoms with Crippen LogP contribution < -0.4 is 5.73 Å². The van der Waals surface area contributed by atoms with Crippen LogP contribution in [-0.2, 0) is 4.84 Å². The predicted molar refractivity (Wildman–Crippen MR) is 53.0 cm³/mol. The normalized spacial score (nSPS) is 13.2. The quantitative estimate of drug-likeness (QED) is 0.741. The minimum Gasteiger partial charge on any atom is -0.329 e. The van der Waals surface area contributed by atoms with Gasteiger partial charge in [-0.1, -0.05) is 12.1 Å². The van der Waals surface area contributed by atoms with Crippen LogP contribution in [0.3, 0.4) is 0 Å². The largest absolute Gasteiger partial charge is 0.329 e. The third kappa shape index (κ3) is 2.51. The number of nitrogens with two attached hydrogens (primary N) is 1. The van der Waals surface area contributed by atoms with E-state index in [0.29, 0.717) is 6.54 Å². The summed E-state index contributed by atoms with van der Waals surface area (Å²) in [6.07, 6.45) is 0. The average Bonchev–Trinajstić information content (AvgIpc) is 2.21. The maximum absolute atomic E-state index is 12.7. The number of hydrogen-bond acceptors (Lipinski definition) is 3. The van der Waals surface area contributed by atoms with Crippen LogP contribution in [0.15, 0.2) is 24.3 Å². The second kappa shape index (κ2) is 5.05. The van der Waals surface area contributed by atoms with Crippen LogP contribution in [0.2, 0.25) is 0 Å². The molecule has 0 aliphatic heterocycles. The Kier molecular flexibility index (Phi) is 4.00. The van der Waals surface area contributed by atoms with Gasteiger partial charge in [-0.15, -0.1) is 0 Å². The van der Waals surface area contributed by atoms with E-state index >= 15 is 0 Å². The molecule has 78 valence electrons. The number of hydrogen-bond donors (Lipinski definition) is 1. The zero-order valence-corrected chi connectivity index (χ0v) is 8.40. The van der Waals surface area contributed by atoms with Gasteiger partial charge in [-0.2, -0.15) is 5.06 Å². The predicted octanol–water partition coefficient (Wildman–Crippen LogP) is 1.32. The number of likely N-dealkylation sites (N-methyl/N-ethyl adjacent to an activating group) is 1. The molecule has 0 aliphatic rings. The maximum Gasteiger partial charge on any atom is 0.123 e. The molecular formula is C10H15FN2O. The van der Waals surface area contributed by atoms with Crippen molar-refractivity contribution in [3.8, 4) is 0 Å². The Balaban J connectivity index is 2.84. The van der Waals surface area contributed by atoms with Gasteiger partial charge in [0.05, 0.1) is 13.2 Å². The van der Waals surface area contributed by atoms with Crippen LogP contribution >= 0.6 is 0 Å². The van der Waals surface area contributed by atoms with Crippen molar-refractivity contribution in [3.05, 3.63) is 35.6 Å². The molecule has 0 saturated carbocycles. The number of halogens is 1. The summed E-state index contributed by atoms with van der Waals surface area (Å²) in [5.74, 6) is -0.246. The van der Waals surface area contributed by atoms with E-state index in [-0.39, 0.29) is 11.9 Å². The van der Waals surface area contributed by atoms with Crippen LogP contribution in [0.25, 0.3) is 0 Å². The lowest BCUT2D eigenvalue weighted by Crippen LogP contribution is -2.29. The molecule has 1 unspecified atom stereocenters. The van der Waals surface area contributed by atoms with Crippen molar-refractivity contribution in [1.29, 1.82) is 0 Å². The molecule has 3 nitrogen and oxygen atoms in total. The summed E-state index contributed by atoms with van der Waals surface area (Å²) in [5, 5.41) is 1.65. The molecule has 14 heavy (non-hydrogen) atoms. The Bertz CT molecular complexity index is 276. The Labute approximate surface area is 83.2 Å². The van der Waals surface area contributed by atoms with Crippen LogP contribution in [0.5, 0.6) is 0 Å². The lowest BCUT2D eigenvalue weighted by atomic mass is 10.1. The van der Waals surface area contributed by atoms with Gasteiger partial charge in [-0.25, -0.2) is 4.39 Å². The van der Waals surface area contributed by atoms with Gasteiger partial charge in [0.2, 0.25) is 0 Å². The number of rotatable bonds is 4. The topological polar surface area (TPSA) is 38.5 Å². The molecule has 4 heteroatoms. The second-order valence-electron chi connectivity index (χ2n) is 3.03. The van der Waals surface area contributed by atoms with Gasteiger partial charge < -0.3 is 10.6 Å². The van der Waals surface area contributed by atoms with E-state index in [1.54, 1.807) is 31.4 Å². The lowest BCUT2D eigenvalue weighted by molar-refractivity contribution is -0.140. The van der Waals surface area contributed by atoms with E-state index in [2.05, 4.69) is 0 Å². The molecular weight excluding hydrogens is 183 g/mol. The summed E-state index contributed by atoms with van der Waals surface area (Å²) in [6.45, 7) is 0.427. The number of nitrogens with zero attached hydrogens (tertiary/aromatic N) is 1. The first-order chi connectivity index (χ1) is 6.69. The van der Waals surface area contributed by atoms with Crippen LogP contribution in [0, 0.1) is 5.82 Å². The van der Waals surface area contributed by atoms with Crippen molar-refractivity contribution in [2.45, 2.75) is 6.04 Å². The molecule has 0 radical (unpaired) electrons. The standard InChI is InChI=1S/C10H15FN2O/c1-13(14-2)10(7-12)8-3-5-9(11)6-4-8/h3-6,10H,7,12H2,1-2H3. The first-order valence-electron chi connectivity index (χ1n) is 4.41. The molecule has 0 heterocycles. The third-order valence-corrected chi connectivity index (χ3v) is 2.20. The molecule has 0 amide bonds. The minimum atomic E-state index is -0.246. The highest BCUT2D eigenvalue weighted by Crippen LogP contribution is 2.18. The lowest BCUT2D eigenvalue weighted by Gasteiger charge is -2.24. The highest BCUT2D eigenvalue weighted by molar-refractivity contribution is 5.19.